The molecule has 0 aliphatic carbocycles. The molecule has 0 aromatic rings. The number of hydrogen-bond donors (Lipinski definition) is 1. The molecule has 0 aromatic heterocycles. The molecule has 1 heterocycles. The van der Waals surface area contributed by atoms with Gasteiger partial charge in [0.1, 0.15) is 0 Å². The molecule has 0 radical (unpaired) electrons. The van der Waals surface area contributed by atoms with Crippen LogP contribution in [0.4, 0.5) is 0 Å². The summed E-state index contributed by atoms with van der Waals surface area (Å²) < 4.78 is 0. The van der Waals surface area contributed by atoms with E-state index >= 15 is 0 Å². The highest BCUT2D eigenvalue weighted by Gasteiger charge is 2.11. The number of likely N-dealkylation sites (N-methyl/N-ethyl adjacent to an activating group) is 2. The fraction of sp³-hybridized carbons (Fsp3) is 1.00. The molecule has 0 aromatic carbocycles. The third kappa shape index (κ3) is 7.71. The third-order valence-electron chi connectivity index (χ3n) is 3.40. The first-order valence-corrected chi connectivity index (χ1v) is 6.95. The van der Waals surface area contributed by atoms with Crippen LogP contribution in [0.3, 0.4) is 0 Å². The number of nitrogens with one attached hydrogen (secondary N) is 1. The van der Waals surface area contributed by atoms with Crippen LogP contribution in [0.2, 0.25) is 0 Å². The van der Waals surface area contributed by atoms with Gasteiger partial charge in [0.25, 0.3) is 0 Å². The first-order valence-electron chi connectivity index (χ1n) is 6.95. The molecule has 0 bridgehead atoms. The Hall–Kier alpha value is -0.160. The van der Waals surface area contributed by atoms with Crippen molar-refractivity contribution in [3.05, 3.63) is 0 Å². The Kier molecular flexibility index (Phi) is 7.77. The van der Waals surface area contributed by atoms with Gasteiger partial charge in [-0.2, -0.15) is 0 Å². The molecule has 0 saturated carbocycles. The van der Waals surface area contributed by atoms with Crippen molar-refractivity contribution in [2.75, 3.05) is 73.5 Å². The smallest absolute Gasteiger partial charge is 0.0109 e. The normalized spacial score (nSPS) is 17.5. The topological polar surface area (TPSA) is 21.8 Å². The second-order valence-corrected chi connectivity index (χ2v) is 5.41. The lowest BCUT2D eigenvalue weighted by molar-refractivity contribution is 0.256. The highest BCUT2D eigenvalue weighted by molar-refractivity contribution is 4.67. The lowest BCUT2D eigenvalue weighted by atomic mass is 10.4. The number of likely N-dealkylation sites (tertiary alicyclic amines) is 1. The van der Waals surface area contributed by atoms with Crippen LogP contribution in [0.15, 0.2) is 0 Å². The van der Waals surface area contributed by atoms with E-state index in [0.29, 0.717) is 0 Å². The third-order valence-corrected chi connectivity index (χ3v) is 3.40. The monoisotopic (exact) mass is 242 g/mol. The molecule has 1 aliphatic heterocycles. The maximum atomic E-state index is 3.48. The standard InChI is InChI=1S/C13H30N4/c1-15(2)10-6-14-7-11-16(3)12-13-17-8-4-5-9-17/h14H,4-13H2,1-3H3. The predicted molar refractivity (Wildman–Crippen MR) is 74.6 cm³/mol. The SMILES string of the molecule is CN(C)CCNCCN(C)CCN1CCCC1. The summed E-state index contributed by atoms with van der Waals surface area (Å²) >= 11 is 0. The molecule has 0 spiro atoms. The summed E-state index contributed by atoms with van der Waals surface area (Å²) in [5, 5.41) is 3.48. The van der Waals surface area contributed by atoms with Gasteiger partial charge in [-0.05, 0) is 47.1 Å². The van der Waals surface area contributed by atoms with Crippen molar-refractivity contribution in [2.24, 2.45) is 0 Å². The first-order chi connectivity index (χ1) is 8.18. The molecule has 17 heavy (non-hydrogen) atoms. The summed E-state index contributed by atoms with van der Waals surface area (Å²) in [6.07, 6.45) is 2.80. The molecule has 1 saturated heterocycles. The minimum Gasteiger partial charge on any atom is -0.314 e. The van der Waals surface area contributed by atoms with E-state index in [1.54, 1.807) is 0 Å². The zero-order valence-corrected chi connectivity index (χ0v) is 11.9. The van der Waals surface area contributed by atoms with Crippen molar-refractivity contribution >= 4 is 0 Å². The molecule has 0 atom stereocenters. The molecule has 102 valence electrons. The quantitative estimate of drug-likeness (QED) is 0.582. The largest absolute Gasteiger partial charge is 0.314 e. The Morgan fingerprint density at radius 2 is 1.59 bits per heavy atom. The van der Waals surface area contributed by atoms with E-state index in [0.717, 1.165) is 26.2 Å². The average molecular weight is 242 g/mol. The zero-order chi connectivity index (χ0) is 12.5. The molecule has 1 aliphatic rings. The van der Waals surface area contributed by atoms with Gasteiger partial charge in [-0.1, -0.05) is 0 Å². The van der Waals surface area contributed by atoms with Crippen LogP contribution < -0.4 is 5.32 Å². The molecule has 1 N–H and O–H groups in total. The van der Waals surface area contributed by atoms with E-state index in [9.17, 15) is 0 Å². The summed E-state index contributed by atoms with van der Waals surface area (Å²) in [7, 11) is 6.46. The van der Waals surface area contributed by atoms with Gasteiger partial charge in [0.15, 0.2) is 0 Å². The molecular weight excluding hydrogens is 212 g/mol. The minimum atomic E-state index is 1.09. The van der Waals surface area contributed by atoms with Gasteiger partial charge >= 0.3 is 0 Å². The Morgan fingerprint density at radius 1 is 0.941 bits per heavy atom. The summed E-state index contributed by atoms with van der Waals surface area (Å²) in [4.78, 5) is 7.22. The molecule has 4 nitrogen and oxygen atoms in total. The van der Waals surface area contributed by atoms with Crippen LogP contribution >= 0.6 is 0 Å². The van der Waals surface area contributed by atoms with E-state index < -0.39 is 0 Å². The number of rotatable bonds is 9. The van der Waals surface area contributed by atoms with Gasteiger partial charge in [0.2, 0.25) is 0 Å². The molecule has 1 rings (SSSR count). The van der Waals surface area contributed by atoms with E-state index in [4.69, 9.17) is 0 Å². The van der Waals surface area contributed by atoms with Crippen LogP contribution in [0.1, 0.15) is 12.8 Å². The molecular formula is C13H30N4. The summed E-state index contributed by atoms with van der Waals surface area (Å²) in [6.45, 7) is 9.55. The maximum absolute atomic E-state index is 3.48. The van der Waals surface area contributed by atoms with Crippen LogP contribution in [-0.2, 0) is 0 Å². The summed E-state index contributed by atoms with van der Waals surface area (Å²) in [6, 6.07) is 0. The van der Waals surface area contributed by atoms with Gasteiger partial charge in [-0.3, -0.25) is 0 Å². The minimum absolute atomic E-state index is 1.09. The van der Waals surface area contributed by atoms with E-state index in [1.165, 1.54) is 39.0 Å². The van der Waals surface area contributed by atoms with Gasteiger partial charge in [0.05, 0.1) is 0 Å². The van der Waals surface area contributed by atoms with E-state index in [1.807, 2.05) is 0 Å². The van der Waals surface area contributed by atoms with Crippen molar-refractivity contribution in [3.8, 4) is 0 Å². The van der Waals surface area contributed by atoms with Crippen LogP contribution in [0.25, 0.3) is 0 Å². The lowest BCUT2D eigenvalue weighted by Crippen LogP contribution is -2.36. The maximum Gasteiger partial charge on any atom is 0.0109 e. The van der Waals surface area contributed by atoms with Gasteiger partial charge in [-0.25, -0.2) is 0 Å². The van der Waals surface area contributed by atoms with Crippen molar-refractivity contribution in [1.29, 1.82) is 0 Å². The number of nitrogens with zero attached hydrogens (tertiary/aromatic N) is 3. The Labute approximate surface area is 107 Å². The predicted octanol–water partition coefficient (Wildman–Crippen LogP) is 0.165. The Morgan fingerprint density at radius 3 is 2.24 bits per heavy atom. The second kappa shape index (κ2) is 8.86. The Bertz CT molecular complexity index is 178. The van der Waals surface area contributed by atoms with Crippen molar-refractivity contribution in [2.45, 2.75) is 12.8 Å². The molecule has 1 fully saturated rings. The van der Waals surface area contributed by atoms with Gasteiger partial charge in [-0.15, -0.1) is 0 Å². The van der Waals surface area contributed by atoms with Gasteiger partial charge < -0.3 is 20.0 Å². The molecule has 4 heteroatoms. The lowest BCUT2D eigenvalue weighted by Gasteiger charge is -2.21. The average Bonchev–Trinajstić information content (AvgIpc) is 2.78. The molecule has 0 unspecified atom stereocenters. The fourth-order valence-electron chi connectivity index (χ4n) is 2.13. The Balaban J connectivity index is 1.88. The number of hydrogen-bond acceptors (Lipinski definition) is 4. The van der Waals surface area contributed by atoms with Crippen molar-refractivity contribution in [3.63, 3.8) is 0 Å². The van der Waals surface area contributed by atoms with E-state index in [2.05, 4.69) is 41.2 Å². The van der Waals surface area contributed by atoms with Crippen LogP contribution in [-0.4, -0.2) is 88.2 Å². The van der Waals surface area contributed by atoms with Crippen LogP contribution in [0.5, 0.6) is 0 Å². The van der Waals surface area contributed by atoms with Crippen molar-refractivity contribution in [1.82, 2.24) is 20.0 Å². The highest BCUT2D eigenvalue weighted by Crippen LogP contribution is 2.06. The summed E-state index contributed by atoms with van der Waals surface area (Å²) in [5.41, 5.74) is 0. The molecule has 0 amide bonds. The first kappa shape index (κ1) is 14.9. The second-order valence-electron chi connectivity index (χ2n) is 5.41. The van der Waals surface area contributed by atoms with E-state index in [-0.39, 0.29) is 0 Å². The fourth-order valence-corrected chi connectivity index (χ4v) is 2.13. The summed E-state index contributed by atoms with van der Waals surface area (Å²) in [5.74, 6) is 0. The van der Waals surface area contributed by atoms with Crippen LogP contribution in [0, 0.1) is 0 Å². The van der Waals surface area contributed by atoms with Crippen molar-refractivity contribution < 1.29 is 0 Å². The zero-order valence-electron chi connectivity index (χ0n) is 11.9. The van der Waals surface area contributed by atoms with Gasteiger partial charge in [0, 0.05) is 39.3 Å². The highest BCUT2D eigenvalue weighted by atomic mass is 15.2.